The first-order valence-corrected chi connectivity index (χ1v) is 12.4. The molecule has 1 rings (SSSR count). The maximum atomic E-state index is 5.73. The second-order valence-corrected chi connectivity index (χ2v) is 8.24. The Balaban J connectivity index is 0.000000541. The summed E-state index contributed by atoms with van der Waals surface area (Å²) in [6.07, 6.45) is 22.4. The zero-order valence-electron chi connectivity index (χ0n) is 19.8. The minimum absolute atomic E-state index is 0.612. The van der Waals surface area contributed by atoms with Crippen LogP contribution in [0, 0.1) is 0 Å². The van der Waals surface area contributed by atoms with E-state index in [4.69, 9.17) is 16.2 Å². The third-order valence-electron chi connectivity index (χ3n) is 5.25. The van der Waals surface area contributed by atoms with Crippen molar-refractivity contribution in [2.45, 2.75) is 124 Å². The predicted molar refractivity (Wildman–Crippen MR) is 132 cm³/mol. The Morgan fingerprint density at radius 3 is 1.41 bits per heavy atom. The van der Waals surface area contributed by atoms with Crippen molar-refractivity contribution in [2.75, 3.05) is 18.1 Å². The van der Waals surface area contributed by atoms with Crippen molar-refractivity contribution in [2.24, 2.45) is 0 Å². The molecule has 0 aliphatic carbocycles. The second kappa shape index (κ2) is 21.3. The van der Waals surface area contributed by atoms with Gasteiger partial charge in [0.1, 0.15) is 5.75 Å². The van der Waals surface area contributed by atoms with E-state index < -0.39 is 0 Å². The van der Waals surface area contributed by atoms with E-state index in [2.05, 4.69) is 20.8 Å². The molecule has 0 bridgehead atoms. The third-order valence-corrected chi connectivity index (χ3v) is 5.25. The highest BCUT2D eigenvalue weighted by Gasteiger charge is 1.99. The van der Waals surface area contributed by atoms with Crippen LogP contribution in [0.15, 0.2) is 18.2 Å². The van der Waals surface area contributed by atoms with E-state index >= 15 is 0 Å². The Bertz CT molecular complexity index is 450. The van der Waals surface area contributed by atoms with Crippen molar-refractivity contribution in [3.63, 3.8) is 0 Å². The first-order valence-electron chi connectivity index (χ1n) is 12.4. The minimum Gasteiger partial charge on any atom is -0.491 e. The quantitative estimate of drug-likeness (QED) is 0.201. The number of nitrogen functional groups attached to an aromatic ring is 2. The topological polar surface area (TPSA) is 61.3 Å². The van der Waals surface area contributed by atoms with Gasteiger partial charge in [0.05, 0.1) is 12.3 Å². The predicted octanol–water partition coefficient (Wildman–Crippen LogP) is 8.52. The molecule has 0 unspecified atom stereocenters. The van der Waals surface area contributed by atoms with Crippen LogP contribution in [0.5, 0.6) is 5.75 Å². The summed E-state index contributed by atoms with van der Waals surface area (Å²) in [4.78, 5) is 0. The van der Waals surface area contributed by atoms with Gasteiger partial charge in [-0.3, -0.25) is 0 Å². The first kappa shape index (κ1) is 27.6. The molecule has 0 saturated carbocycles. The van der Waals surface area contributed by atoms with E-state index in [9.17, 15) is 0 Å². The van der Waals surface area contributed by atoms with E-state index in [1.54, 1.807) is 12.1 Å². The number of benzene rings is 1. The Labute approximate surface area is 182 Å². The molecule has 3 nitrogen and oxygen atoms in total. The van der Waals surface area contributed by atoms with Crippen molar-refractivity contribution in [3.8, 4) is 5.75 Å². The van der Waals surface area contributed by atoms with Crippen LogP contribution < -0.4 is 16.2 Å². The molecular formula is C26H50N2O. The highest BCUT2D eigenvalue weighted by Crippen LogP contribution is 2.23. The van der Waals surface area contributed by atoms with Gasteiger partial charge in [-0.15, -0.1) is 0 Å². The van der Waals surface area contributed by atoms with Crippen molar-refractivity contribution in [1.29, 1.82) is 0 Å². The number of anilines is 2. The van der Waals surface area contributed by atoms with E-state index in [1.807, 2.05) is 6.07 Å². The molecule has 0 radical (unpaired) electrons. The molecule has 3 heteroatoms. The Kier molecular flexibility index (Phi) is 20.3. The second-order valence-electron chi connectivity index (χ2n) is 8.24. The van der Waals surface area contributed by atoms with Gasteiger partial charge in [0.2, 0.25) is 0 Å². The lowest BCUT2D eigenvalue weighted by Crippen LogP contribution is -2.00. The summed E-state index contributed by atoms with van der Waals surface area (Å²) >= 11 is 0. The molecule has 0 spiro atoms. The molecule has 4 N–H and O–H groups in total. The Morgan fingerprint density at radius 2 is 1.00 bits per heavy atom. The average Bonchev–Trinajstić information content (AvgIpc) is 2.71. The zero-order chi connectivity index (χ0) is 21.6. The van der Waals surface area contributed by atoms with Gasteiger partial charge in [0.25, 0.3) is 0 Å². The first-order chi connectivity index (χ1) is 14.2. The highest BCUT2D eigenvalue weighted by atomic mass is 16.5. The lowest BCUT2D eigenvalue weighted by molar-refractivity contribution is 0.308. The summed E-state index contributed by atoms with van der Waals surface area (Å²) in [5.74, 6) is 0.732. The molecule has 0 amide bonds. The standard InChI is InChI=1S/C15H32.C11H18N2O/c1-3-5-7-9-11-13-15-14-12-10-8-6-4-2;1-2-3-4-7-14-11-6-5-9(12)8-10(11)13/h3-15H2,1-2H3;5-6,8H,2-4,7,12-13H2,1H3. The molecule has 0 heterocycles. The van der Waals surface area contributed by atoms with Crippen molar-refractivity contribution in [1.82, 2.24) is 0 Å². The van der Waals surface area contributed by atoms with Crippen LogP contribution in [0.2, 0.25) is 0 Å². The van der Waals surface area contributed by atoms with Crippen LogP contribution in [-0.4, -0.2) is 6.61 Å². The number of unbranched alkanes of at least 4 members (excludes halogenated alkanes) is 14. The normalized spacial score (nSPS) is 10.4. The lowest BCUT2D eigenvalue weighted by atomic mass is 10.1. The lowest BCUT2D eigenvalue weighted by Gasteiger charge is -2.08. The van der Waals surface area contributed by atoms with Crippen LogP contribution in [-0.2, 0) is 0 Å². The van der Waals surface area contributed by atoms with Crippen molar-refractivity contribution >= 4 is 11.4 Å². The Hall–Kier alpha value is -1.38. The molecular weight excluding hydrogens is 356 g/mol. The molecule has 0 aromatic heterocycles. The van der Waals surface area contributed by atoms with Gasteiger partial charge in [0, 0.05) is 5.69 Å². The molecule has 0 aliphatic rings. The molecule has 0 atom stereocenters. The van der Waals surface area contributed by atoms with Crippen molar-refractivity contribution in [3.05, 3.63) is 18.2 Å². The van der Waals surface area contributed by atoms with Crippen LogP contribution in [0.3, 0.4) is 0 Å². The van der Waals surface area contributed by atoms with E-state index in [0.717, 1.165) is 18.8 Å². The molecule has 0 aliphatic heterocycles. The van der Waals surface area contributed by atoms with Gasteiger partial charge in [-0.05, 0) is 24.6 Å². The highest BCUT2D eigenvalue weighted by molar-refractivity contribution is 5.60. The fraction of sp³-hybridized carbons (Fsp3) is 0.769. The van der Waals surface area contributed by atoms with Gasteiger partial charge in [-0.1, -0.05) is 117 Å². The van der Waals surface area contributed by atoms with Gasteiger partial charge >= 0.3 is 0 Å². The van der Waals surface area contributed by atoms with Gasteiger partial charge in [-0.25, -0.2) is 0 Å². The van der Waals surface area contributed by atoms with Crippen LogP contribution >= 0.6 is 0 Å². The maximum absolute atomic E-state index is 5.73. The van der Waals surface area contributed by atoms with Gasteiger partial charge in [-0.2, -0.15) is 0 Å². The number of rotatable bonds is 17. The zero-order valence-corrected chi connectivity index (χ0v) is 19.8. The van der Waals surface area contributed by atoms with Crippen molar-refractivity contribution < 1.29 is 4.74 Å². The van der Waals surface area contributed by atoms with E-state index in [-0.39, 0.29) is 0 Å². The SMILES string of the molecule is CCCCCCCCCCCCCCC.CCCCCOc1ccc(N)cc1N. The molecule has 0 fully saturated rings. The minimum atomic E-state index is 0.612. The van der Waals surface area contributed by atoms with Gasteiger partial charge < -0.3 is 16.2 Å². The smallest absolute Gasteiger partial charge is 0.142 e. The summed E-state index contributed by atoms with van der Waals surface area (Å²) in [5, 5.41) is 0. The summed E-state index contributed by atoms with van der Waals surface area (Å²) in [6, 6.07) is 5.33. The molecule has 0 saturated heterocycles. The summed E-state index contributed by atoms with van der Waals surface area (Å²) < 4.78 is 5.51. The monoisotopic (exact) mass is 406 g/mol. The average molecular weight is 407 g/mol. The van der Waals surface area contributed by atoms with E-state index in [1.165, 1.54) is 96.3 Å². The molecule has 1 aromatic rings. The number of hydrogen-bond donors (Lipinski definition) is 2. The van der Waals surface area contributed by atoms with Crippen LogP contribution in [0.4, 0.5) is 11.4 Å². The maximum Gasteiger partial charge on any atom is 0.142 e. The van der Waals surface area contributed by atoms with Crippen LogP contribution in [0.1, 0.15) is 124 Å². The number of ether oxygens (including phenoxy) is 1. The van der Waals surface area contributed by atoms with Crippen LogP contribution in [0.25, 0.3) is 0 Å². The largest absolute Gasteiger partial charge is 0.491 e. The van der Waals surface area contributed by atoms with E-state index in [0.29, 0.717) is 11.4 Å². The number of nitrogens with two attached hydrogens (primary N) is 2. The summed E-state index contributed by atoms with van der Waals surface area (Å²) in [6.45, 7) is 7.46. The van der Waals surface area contributed by atoms with Gasteiger partial charge in [0.15, 0.2) is 0 Å². The fourth-order valence-corrected chi connectivity index (χ4v) is 3.32. The molecule has 170 valence electrons. The summed E-state index contributed by atoms with van der Waals surface area (Å²) in [7, 11) is 0. The number of hydrogen-bond acceptors (Lipinski definition) is 3. The summed E-state index contributed by atoms with van der Waals surface area (Å²) in [5.41, 5.74) is 12.6. The molecule has 1 aromatic carbocycles. The third kappa shape index (κ3) is 18.4. The molecule has 29 heavy (non-hydrogen) atoms. The fourth-order valence-electron chi connectivity index (χ4n) is 3.32. The Morgan fingerprint density at radius 1 is 0.586 bits per heavy atom.